The van der Waals surface area contributed by atoms with Gasteiger partial charge in [-0.2, -0.15) is 0 Å². The predicted molar refractivity (Wildman–Crippen MR) is 87.9 cm³/mol. The zero-order valence-corrected chi connectivity index (χ0v) is 12.5. The van der Waals surface area contributed by atoms with Gasteiger partial charge in [0.25, 0.3) is 5.69 Å². The molecule has 3 aromatic carbocycles. The normalized spacial score (nSPS) is 11.9. The molecule has 0 amide bonds. The molecular formula is C19H13F2NO2. The Labute approximate surface area is 137 Å². The van der Waals surface area contributed by atoms with Crippen LogP contribution in [0.15, 0.2) is 72.8 Å². The third kappa shape index (κ3) is 3.30. The van der Waals surface area contributed by atoms with E-state index in [1.54, 1.807) is 36.4 Å². The Hall–Kier alpha value is -3.08. The van der Waals surface area contributed by atoms with Crippen LogP contribution in [0.25, 0.3) is 11.1 Å². The Morgan fingerprint density at radius 3 is 1.62 bits per heavy atom. The van der Waals surface area contributed by atoms with Gasteiger partial charge in [0.2, 0.25) is 0 Å². The molecule has 3 rings (SSSR count). The molecule has 0 aliphatic carbocycles. The van der Waals surface area contributed by atoms with E-state index in [1.807, 2.05) is 0 Å². The number of nitro groups is 1. The molecule has 0 N–H and O–H groups in total. The number of hydrogen-bond donors (Lipinski definition) is 0. The fourth-order valence-electron chi connectivity index (χ4n) is 2.44. The van der Waals surface area contributed by atoms with Crippen LogP contribution in [0.3, 0.4) is 0 Å². The van der Waals surface area contributed by atoms with E-state index in [1.165, 1.54) is 36.4 Å². The molecule has 3 aromatic rings. The summed E-state index contributed by atoms with van der Waals surface area (Å²) < 4.78 is 27.5. The molecule has 0 spiro atoms. The maximum Gasteiger partial charge on any atom is 0.269 e. The first-order valence-corrected chi connectivity index (χ1v) is 7.29. The molecule has 120 valence electrons. The molecule has 1 atom stereocenters. The van der Waals surface area contributed by atoms with Gasteiger partial charge in [0.05, 0.1) is 4.92 Å². The van der Waals surface area contributed by atoms with Gasteiger partial charge in [0.15, 0.2) is 6.17 Å². The van der Waals surface area contributed by atoms with Crippen molar-refractivity contribution < 1.29 is 13.7 Å². The highest BCUT2D eigenvalue weighted by Gasteiger charge is 2.14. The second kappa shape index (κ2) is 6.58. The first-order chi connectivity index (χ1) is 11.5. The van der Waals surface area contributed by atoms with E-state index in [-0.39, 0.29) is 11.5 Å². The second-order valence-electron chi connectivity index (χ2n) is 5.34. The van der Waals surface area contributed by atoms with Crippen molar-refractivity contribution in [1.82, 2.24) is 0 Å². The number of alkyl halides is 1. The number of rotatable bonds is 4. The van der Waals surface area contributed by atoms with Crippen molar-refractivity contribution in [3.8, 4) is 11.1 Å². The summed E-state index contributed by atoms with van der Waals surface area (Å²) in [5.41, 5.74) is 2.44. The van der Waals surface area contributed by atoms with Crippen LogP contribution in [0.1, 0.15) is 17.3 Å². The topological polar surface area (TPSA) is 43.1 Å². The molecule has 1 unspecified atom stereocenters. The zero-order valence-electron chi connectivity index (χ0n) is 12.5. The van der Waals surface area contributed by atoms with Gasteiger partial charge in [-0.25, -0.2) is 8.78 Å². The van der Waals surface area contributed by atoms with E-state index in [9.17, 15) is 18.9 Å². The fourth-order valence-corrected chi connectivity index (χ4v) is 2.44. The van der Waals surface area contributed by atoms with E-state index < -0.39 is 11.1 Å². The smallest absolute Gasteiger partial charge is 0.258 e. The lowest BCUT2D eigenvalue weighted by molar-refractivity contribution is -0.384. The summed E-state index contributed by atoms with van der Waals surface area (Å²) in [5.74, 6) is -0.308. The van der Waals surface area contributed by atoms with Gasteiger partial charge in [-0.05, 0) is 46.5 Å². The van der Waals surface area contributed by atoms with Crippen LogP contribution in [0.2, 0.25) is 0 Å². The van der Waals surface area contributed by atoms with Crippen molar-refractivity contribution >= 4 is 5.69 Å². The largest absolute Gasteiger partial charge is 0.269 e. The van der Waals surface area contributed by atoms with Gasteiger partial charge < -0.3 is 0 Å². The Bertz CT molecular complexity index is 844. The molecule has 0 heterocycles. The highest BCUT2D eigenvalue weighted by Crippen LogP contribution is 2.29. The maximum atomic E-state index is 14.6. The van der Waals surface area contributed by atoms with Crippen molar-refractivity contribution in [2.45, 2.75) is 6.17 Å². The lowest BCUT2D eigenvalue weighted by atomic mass is 9.99. The highest BCUT2D eigenvalue weighted by atomic mass is 19.1. The summed E-state index contributed by atoms with van der Waals surface area (Å²) in [7, 11) is 0. The molecule has 5 heteroatoms. The summed E-state index contributed by atoms with van der Waals surface area (Å²) >= 11 is 0. The lowest BCUT2D eigenvalue weighted by Gasteiger charge is -2.10. The minimum Gasteiger partial charge on any atom is -0.258 e. The monoisotopic (exact) mass is 325 g/mol. The van der Waals surface area contributed by atoms with Gasteiger partial charge in [0, 0.05) is 12.1 Å². The number of hydrogen-bond acceptors (Lipinski definition) is 2. The van der Waals surface area contributed by atoms with Crippen LogP contribution in [0, 0.1) is 15.9 Å². The SMILES string of the molecule is O=[N+]([O-])c1ccc(C(F)c2ccc(-c3ccc(F)cc3)cc2)cc1. The number of halogens is 2. The van der Waals surface area contributed by atoms with Crippen molar-refractivity contribution in [3.05, 3.63) is 99.9 Å². The predicted octanol–water partition coefficient (Wildman–Crippen LogP) is 5.46. The third-order valence-corrected chi connectivity index (χ3v) is 3.78. The molecule has 0 saturated heterocycles. The first-order valence-electron chi connectivity index (χ1n) is 7.29. The van der Waals surface area contributed by atoms with Gasteiger partial charge >= 0.3 is 0 Å². The van der Waals surface area contributed by atoms with E-state index in [4.69, 9.17) is 0 Å². The number of nitro benzene ring substituents is 1. The van der Waals surface area contributed by atoms with Gasteiger partial charge in [-0.3, -0.25) is 10.1 Å². The highest BCUT2D eigenvalue weighted by molar-refractivity contribution is 5.63. The van der Waals surface area contributed by atoms with E-state index >= 15 is 0 Å². The molecule has 0 bridgehead atoms. The van der Waals surface area contributed by atoms with Crippen molar-refractivity contribution in [1.29, 1.82) is 0 Å². The summed E-state index contributed by atoms with van der Waals surface area (Å²) in [6.45, 7) is 0. The number of benzene rings is 3. The van der Waals surface area contributed by atoms with Crippen LogP contribution in [-0.2, 0) is 0 Å². The summed E-state index contributed by atoms with van der Waals surface area (Å²) in [6, 6.07) is 18.3. The van der Waals surface area contributed by atoms with Crippen LogP contribution in [0.4, 0.5) is 14.5 Å². The van der Waals surface area contributed by atoms with Crippen molar-refractivity contribution in [2.75, 3.05) is 0 Å². The number of non-ortho nitro benzene ring substituents is 1. The van der Waals surface area contributed by atoms with E-state index in [0.717, 1.165) is 11.1 Å². The first kappa shape index (κ1) is 15.8. The molecule has 0 aliphatic heterocycles. The van der Waals surface area contributed by atoms with E-state index in [0.29, 0.717) is 11.1 Å². The van der Waals surface area contributed by atoms with Gasteiger partial charge in [-0.1, -0.05) is 36.4 Å². The quantitative estimate of drug-likeness (QED) is 0.472. The molecule has 0 aliphatic rings. The average molecular weight is 325 g/mol. The van der Waals surface area contributed by atoms with Crippen molar-refractivity contribution in [2.24, 2.45) is 0 Å². The maximum absolute atomic E-state index is 14.6. The summed E-state index contributed by atoms with van der Waals surface area (Å²) in [5, 5.41) is 10.6. The molecule has 24 heavy (non-hydrogen) atoms. The zero-order chi connectivity index (χ0) is 17.1. The Kier molecular flexibility index (Phi) is 4.33. The molecule has 0 fully saturated rings. The van der Waals surface area contributed by atoms with Crippen molar-refractivity contribution in [3.63, 3.8) is 0 Å². The minimum atomic E-state index is -1.37. The van der Waals surface area contributed by atoms with Crippen LogP contribution in [0.5, 0.6) is 0 Å². The molecule has 0 saturated carbocycles. The molecular weight excluding hydrogens is 312 g/mol. The van der Waals surface area contributed by atoms with E-state index in [2.05, 4.69) is 0 Å². The second-order valence-corrected chi connectivity index (χ2v) is 5.34. The van der Waals surface area contributed by atoms with Crippen LogP contribution in [-0.4, -0.2) is 4.92 Å². The van der Waals surface area contributed by atoms with Crippen LogP contribution >= 0.6 is 0 Å². The Balaban J connectivity index is 1.81. The lowest BCUT2D eigenvalue weighted by Crippen LogP contribution is -1.95. The van der Waals surface area contributed by atoms with Gasteiger partial charge in [0.1, 0.15) is 5.82 Å². The average Bonchev–Trinajstić information content (AvgIpc) is 2.62. The standard InChI is InChI=1S/C19H13F2NO2/c20-17-9-5-14(6-10-17)13-1-3-15(4-2-13)19(21)16-7-11-18(12-8-16)22(23)24/h1-12,19H. The third-order valence-electron chi connectivity index (χ3n) is 3.78. The fraction of sp³-hybridized carbons (Fsp3) is 0.0526. The summed E-state index contributed by atoms with van der Waals surface area (Å²) in [4.78, 5) is 10.1. The summed E-state index contributed by atoms with van der Waals surface area (Å²) in [6.07, 6.45) is -1.37. The molecule has 0 radical (unpaired) electrons. The Morgan fingerprint density at radius 1 is 0.750 bits per heavy atom. The van der Waals surface area contributed by atoms with Crippen LogP contribution < -0.4 is 0 Å². The Morgan fingerprint density at radius 2 is 1.17 bits per heavy atom. The van der Waals surface area contributed by atoms with Gasteiger partial charge in [-0.15, -0.1) is 0 Å². The minimum absolute atomic E-state index is 0.0717. The molecule has 3 nitrogen and oxygen atoms in total. The molecule has 0 aromatic heterocycles. The number of nitrogens with zero attached hydrogens (tertiary/aromatic N) is 1.